The van der Waals surface area contributed by atoms with E-state index in [4.69, 9.17) is 0 Å². The summed E-state index contributed by atoms with van der Waals surface area (Å²) in [6, 6.07) is 17.5. The highest BCUT2D eigenvalue weighted by Gasteiger charge is 2.58. The van der Waals surface area contributed by atoms with Crippen LogP contribution in [0.25, 0.3) is 0 Å². The molecule has 1 unspecified atom stereocenters. The van der Waals surface area contributed by atoms with Crippen LogP contribution in [0, 0.1) is 0 Å². The Kier molecular flexibility index (Phi) is 6.48. The molecule has 0 bridgehead atoms. The van der Waals surface area contributed by atoms with Crippen LogP contribution in [0.3, 0.4) is 0 Å². The Bertz CT molecular complexity index is 935. The molecule has 164 valence electrons. The number of amides is 3. The van der Waals surface area contributed by atoms with E-state index < -0.39 is 29.7 Å². The molecule has 3 amide bonds. The van der Waals surface area contributed by atoms with Gasteiger partial charge < -0.3 is 20.0 Å². The van der Waals surface area contributed by atoms with Crippen molar-refractivity contribution in [1.29, 1.82) is 0 Å². The summed E-state index contributed by atoms with van der Waals surface area (Å²) in [4.78, 5) is 42.0. The second-order valence-corrected chi connectivity index (χ2v) is 7.90. The lowest BCUT2D eigenvalue weighted by Gasteiger charge is -2.54. The van der Waals surface area contributed by atoms with Crippen molar-refractivity contribution in [3.8, 4) is 0 Å². The van der Waals surface area contributed by atoms with Crippen LogP contribution >= 0.6 is 0 Å². The topological polar surface area (TPSA) is 101 Å². The van der Waals surface area contributed by atoms with E-state index in [-0.39, 0.29) is 25.9 Å². The van der Waals surface area contributed by atoms with Crippen molar-refractivity contribution in [2.45, 2.75) is 24.4 Å². The zero-order valence-electron chi connectivity index (χ0n) is 17.6. The summed E-state index contributed by atoms with van der Waals surface area (Å²) in [5.41, 5.74) is -0.0207. The van der Waals surface area contributed by atoms with Crippen molar-refractivity contribution >= 4 is 18.1 Å². The summed E-state index contributed by atoms with van der Waals surface area (Å²) in [6.07, 6.45) is -2.13. The molecule has 1 aliphatic heterocycles. The Morgan fingerprint density at radius 1 is 0.903 bits per heavy atom. The molecule has 31 heavy (non-hydrogen) atoms. The second-order valence-electron chi connectivity index (χ2n) is 7.90. The third-order valence-electron chi connectivity index (χ3n) is 5.82. The number of carbonyl (C=O) groups excluding carboxylic acids is 1. The maximum atomic E-state index is 13.7. The summed E-state index contributed by atoms with van der Waals surface area (Å²) in [7, 11) is 3.13. The number of likely N-dealkylation sites (N-methyl/N-ethyl adjacent to an activating group) is 1. The lowest BCUT2D eigenvalue weighted by molar-refractivity contribution is -0.149. The van der Waals surface area contributed by atoms with Gasteiger partial charge in [-0.25, -0.2) is 9.59 Å². The van der Waals surface area contributed by atoms with Crippen LogP contribution in [0.5, 0.6) is 0 Å². The van der Waals surface area contributed by atoms with Gasteiger partial charge in [-0.3, -0.25) is 9.69 Å². The van der Waals surface area contributed by atoms with Crippen LogP contribution in [0.2, 0.25) is 0 Å². The number of rotatable bonds is 5. The van der Waals surface area contributed by atoms with E-state index in [0.29, 0.717) is 0 Å². The number of carboxylic acid groups (broad SMARTS) is 2. The fourth-order valence-corrected chi connectivity index (χ4v) is 4.45. The molecule has 2 N–H and O–H groups in total. The van der Waals surface area contributed by atoms with Crippen LogP contribution in [0.4, 0.5) is 9.59 Å². The molecule has 1 fully saturated rings. The minimum atomic E-state index is -1.61. The van der Waals surface area contributed by atoms with Crippen molar-refractivity contribution in [1.82, 2.24) is 14.7 Å². The quantitative estimate of drug-likeness (QED) is 0.767. The predicted molar refractivity (Wildman–Crippen MR) is 115 cm³/mol. The Morgan fingerprint density at radius 3 is 1.94 bits per heavy atom. The molecule has 0 saturated carbocycles. The summed E-state index contributed by atoms with van der Waals surface area (Å²) < 4.78 is 0. The number of carbonyl (C=O) groups is 3. The molecule has 3 rings (SSSR count). The highest BCUT2D eigenvalue weighted by molar-refractivity contribution is 5.92. The monoisotopic (exact) mass is 425 g/mol. The fourth-order valence-electron chi connectivity index (χ4n) is 4.45. The van der Waals surface area contributed by atoms with Crippen LogP contribution in [-0.2, 0) is 17.6 Å². The van der Waals surface area contributed by atoms with E-state index in [1.807, 2.05) is 60.7 Å². The number of hydrogen-bond donors (Lipinski definition) is 2. The number of piperazine rings is 1. The van der Waals surface area contributed by atoms with Gasteiger partial charge in [0.25, 0.3) is 5.91 Å². The molecule has 0 aliphatic carbocycles. The number of benzene rings is 2. The molecule has 1 saturated heterocycles. The van der Waals surface area contributed by atoms with Gasteiger partial charge in [0, 0.05) is 33.6 Å². The highest BCUT2D eigenvalue weighted by Crippen LogP contribution is 2.36. The third kappa shape index (κ3) is 4.33. The fraction of sp³-hybridized carbons (Fsp3) is 0.348. The number of hydrogen-bond acceptors (Lipinski definition) is 3. The standard InChI is InChI=1S/C23H27N3O5/c1-24(2)20(27)23(16-18-11-7-4-8-12-18)19(15-17-9-5-3-6-10-17)25(21(28)29)13-14-26(23)22(30)31/h3-12,19H,13-16H2,1-2H3,(H,28,29)(H,30,31)/t19?,23-/m1/s1. The van der Waals surface area contributed by atoms with E-state index in [9.17, 15) is 24.6 Å². The first-order valence-electron chi connectivity index (χ1n) is 10.1. The van der Waals surface area contributed by atoms with Crippen LogP contribution in [0.1, 0.15) is 11.1 Å². The first kappa shape index (κ1) is 22.1. The van der Waals surface area contributed by atoms with Crippen molar-refractivity contribution < 1.29 is 24.6 Å². The maximum absolute atomic E-state index is 13.7. The first-order valence-corrected chi connectivity index (χ1v) is 10.1. The van der Waals surface area contributed by atoms with Crippen molar-refractivity contribution in [3.05, 3.63) is 71.8 Å². The third-order valence-corrected chi connectivity index (χ3v) is 5.82. The largest absolute Gasteiger partial charge is 0.465 e. The van der Waals surface area contributed by atoms with Crippen molar-refractivity contribution in [2.24, 2.45) is 0 Å². The minimum absolute atomic E-state index is 0.00359. The zero-order chi connectivity index (χ0) is 22.6. The van der Waals surface area contributed by atoms with Gasteiger partial charge in [0.2, 0.25) is 0 Å². The molecule has 0 aromatic heterocycles. The van der Waals surface area contributed by atoms with Gasteiger partial charge in [-0.05, 0) is 17.5 Å². The van der Waals surface area contributed by atoms with Gasteiger partial charge in [0.15, 0.2) is 0 Å². The average molecular weight is 425 g/mol. The smallest absolute Gasteiger partial charge is 0.408 e. The van der Waals surface area contributed by atoms with E-state index in [1.165, 1.54) is 9.80 Å². The van der Waals surface area contributed by atoms with E-state index in [1.54, 1.807) is 14.1 Å². The minimum Gasteiger partial charge on any atom is -0.465 e. The predicted octanol–water partition coefficient (Wildman–Crippen LogP) is 2.64. The lowest BCUT2D eigenvalue weighted by Crippen LogP contribution is -2.76. The van der Waals surface area contributed by atoms with Gasteiger partial charge >= 0.3 is 12.2 Å². The Hall–Kier alpha value is -3.55. The summed E-state index contributed by atoms with van der Waals surface area (Å²) in [5.74, 6) is -0.439. The Balaban J connectivity index is 2.23. The second kappa shape index (κ2) is 9.07. The van der Waals surface area contributed by atoms with Crippen LogP contribution in [-0.4, -0.2) is 81.8 Å². The van der Waals surface area contributed by atoms with Gasteiger partial charge in [-0.2, -0.15) is 0 Å². The molecule has 1 heterocycles. The SMILES string of the molecule is CN(C)C(=O)[C@@]1(Cc2ccccc2)C(Cc2ccccc2)N(C(=O)O)CCN1C(=O)O. The van der Waals surface area contributed by atoms with Crippen LogP contribution < -0.4 is 0 Å². The molecule has 8 nitrogen and oxygen atoms in total. The summed E-state index contributed by atoms with van der Waals surface area (Å²) in [5, 5.41) is 20.0. The summed E-state index contributed by atoms with van der Waals surface area (Å²) in [6.45, 7) is -0.0876. The molecule has 2 aromatic rings. The molecule has 2 aromatic carbocycles. The van der Waals surface area contributed by atoms with E-state index in [2.05, 4.69) is 0 Å². The summed E-state index contributed by atoms with van der Waals surface area (Å²) >= 11 is 0. The van der Waals surface area contributed by atoms with E-state index >= 15 is 0 Å². The molecule has 1 aliphatic rings. The zero-order valence-corrected chi connectivity index (χ0v) is 17.6. The highest BCUT2D eigenvalue weighted by atomic mass is 16.4. The van der Waals surface area contributed by atoms with Gasteiger partial charge in [-0.1, -0.05) is 60.7 Å². The van der Waals surface area contributed by atoms with E-state index in [0.717, 1.165) is 16.0 Å². The molecular weight excluding hydrogens is 398 g/mol. The van der Waals surface area contributed by atoms with Crippen molar-refractivity contribution in [3.63, 3.8) is 0 Å². The molecular formula is C23H27N3O5. The first-order chi connectivity index (χ1) is 14.8. The van der Waals surface area contributed by atoms with Crippen molar-refractivity contribution in [2.75, 3.05) is 27.2 Å². The van der Waals surface area contributed by atoms with Crippen LogP contribution in [0.15, 0.2) is 60.7 Å². The molecule has 0 spiro atoms. The molecule has 8 heteroatoms. The lowest BCUT2D eigenvalue weighted by atomic mass is 9.75. The normalized spacial score (nSPS) is 20.9. The molecule has 2 atom stereocenters. The Labute approximate surface area is 181 Å². The molecule has 0 radical (unpaired) electrons. The Morgan fingerprint density at radius 2 is 1.45 bits per heavy atom. The van der Waals surface area contributed by atoms with Gasteiger partial charge in [0.1, 0.15) is 5.54 Å². The maximum Gasteiger partial charge on any atom is 0.408 e. The van der Waals surface area contributed by atoms with Gasteiger partial charge in [0.05, 0.1) is 6.04 Å². The number of nitrogens with zero attached hydrogens (tertiary/aromatic N) is 3. The van der Waals surface area contributed by atoms with Gasteiger partial charge in [-0.15, -0.1) is 0 Å². The average Bonchev–Trinajstić information content (AvgIpc) is 2.75.